The SMILES string of the molecule is COC(=O)c1cccn2nc(-c3cccc(Cl)c3)nc12. The summed E-state index contributed by atoms with van der Waals surface area (Å²) >= 11 is 5.96. The molecule has 0 N–H and O–H groups in total. The van der Waals surface area contributed by atoms with E-state index in [4.69, 9.17) is 16.3 Å². The number of nitrogens with zero attached hydrogens (tertiary/aromatic N) is 3. The molecule has 0 aliphatic rings. The number of hydrogen-bond acceptors (Lipinski definition) is 4. The Morgan fingerprint density at radius 3 is 2.90 bits per heavy atom. The number of rotatable bonds is 2. The highest BCUT2D eigenvalue weighted by Gasteiger charge is 2.15. The van der Waals surface area contributed by atoms with Crippen LogP contribution in [0.5, 0.6) is 0 Å². The summed E-state index contributed by atoms with van der Waals surface area (Å²) in [5, 5.41) is 4.95. The summed E-state index contributed by atoms with van der Waals surface area (Å²) in [4.78, 5) is 16.1. The summed E-state index contributed by atoms with van der Waals surface area (Å²) < 4.78 is 6.28. The lowest BCUT2D eigenvalue weighted by Crippen LogP contribution is -2.04. The van der Waals surface area contributed by atoms with Gasteiger partial charge in [0.15, 0.2) is 11.5 Å². The Balaban J connectivity index is 2.18. The number of aromatic nitrogens is 3. The molecule has 0 saturated heterocycles. The zero-order valence-corrected chi connectivity index (χ0v) is 11.3. The largest absolute Gasteiger partial charge is 0.465 e. The van der Waals surface area contributed by atoms with E-state index in [0.29, 0.717) is 22.1 Å². The number of carbonyl (C=O) groups is 1. The number of halogens is 1. The Labute approximate surface area is 119 Å². The summed E-state index contributed by atoms with van der Waals surface area (Å²) in [5.41, 5.74) is 1.61. The average Bonchev–Trinajstić information content (AvgIpc) is 2.90. The Hall–Kier alpha value is -2.40. The molecule has 0 saturated carbocycles. The van der Waals surface area contributed by atoms with E-state index < -0.39 is 5.97 Å². The minimum Gasteiger partial charge on any atom is -0.465 e. The smallest absolute Gasteiger partial charge is 0.341 e. The van der Waals surface area contributed by atoms with Gasteiger partial charge in [0.05, 0.1) is 7.11 Å². The van der Waals surface area contributed by atoms with Crippen molar-refractivity contribution < 1.29 is 9.53 Å². The average molecular weight is 288 g/mol. The maximum absolute atomic E-state index is 11.7. The molecule has 3 rings (SSSR count). The van der Waals surface area contributed by atoms with Crippen molar-refractivity contribution in [3.05, 3.63) is 53.2 Å². The van der Waals surface area contributed by atoms with E-state index in [1.54, 1.807) is 35.0 Å². The van der Waals surface area contributed by atoms with Crippen LogP contribution in [0.2, 0.25) is 5.02 Å². The fourth-order valence-corrected chi connectivity index (χ4v) is 2.12. The fraction of sp³-hybridized carbons (Fsp3) is 0.0714. The molecule has 0 bridgehead atoms. The van der Waals surface area contributed by atoms with Gasteiger partial charge in [-0.3, -0.25) is 0 Å². The van der Waals surface area contributed by atoms with E-state index in [0.717, 1.165) is 5.56 Å². The lowest BCUT2D eigenvalue weighted by molar-refractivity contribution is 0.0602. The first kappa shape index (κ1) is 12.6. The molecular weight excluding hydrogens is 278 g/mol. The monoisotopic (exact) mass is 287 g/mol. The second-order valence-corrected chi connectivity index (χ2v) is 4.56. The number of pyridine rings is 1. The fourth-order valence-electron chi connectivity index (χ4n) is 1.93. The van der Waals surface area contributed by atoms with Gasteiger partial charge in [0.1, 0.15) is 5.56 Å². The van der Waals surface area contributed by atoms with Crippen LogP contribution in [0.3, 0.4) is 0 Å². The van der Waals surface area contributed by atoms with Crippen LogP contribution in [0.1, 0.15) is 10.4 Å². The molecule has 0 atom stereocenters. The summed E-state index contributed by atoms with van der Waals surface area (Å²) in [5.74, 6) is 0.0597. The molecule has 0 fully saturated rings. The Kier molecular flexibility index (Phi) is 3.12. The number of carbonyl (C=O) groups excluding carboxylic acids is 1. The van der Waals surface area contributed by atoms with Crippen LogP contribution in [-0.2, 0) is 4.74 Å². The Morgan fingerprint density at radius 2 is 2.15 bits per heavy atom. The standard InChI is InChI=1S/C14H10ClN3O2/c1-20-14(19)11-6-3-7-18-13(11)16-12(17-18)9-4-2-5-10(15)8-9/h2-8H,1H3. The van der Waals surface area contributed by atoms with Crippen LogP contribution in [0.25, 0.3) is 17.0 Å². The molecule has 0 aliphatic heterocycles. The van der Waals surface area contributed by atoms with Gasteiger partial charge in [0.25, 0.3) is 0 Å². The molecule has 0 spiro atoms. The maximum Gasteiger partial charge on any atom is 0.341 e. The molecule has 6 heteroatoms. The van der Waals surface area contributed by atoms with Crippen molar-refractivity contribution >= 4 is 23.2 Å². The molecule has 2 heterocycles. The summed E-state index contributed by atoms with van der Waals surface area (Å²) in [6, 6.07) is 10.6. The van der Waals surface area contributed by atoms with Crippen LogP contribution in [0.4, 0.5) is 0 Å². The first-order chi connectivity index (χ1) is 9.69. The molecular formula is C14H10ClN3O2. The first-order valence-electron chi connectivity index (χ1n) is 5.88. The van der Waals surface area contributed by atoms with Gasteiger partial charge in [0, 0.05) is 16.8 Å². The number of benzene rings is 1. The van der Waals surface area contributed by atoms with Crippen LogP contribution >= 0.6 is 11.6 Å². The second kappa shape index (κ2) is 4.94. The number of esters is 1. The number of hydrogen-bond donors (Lipinski definition) is 0. The maximum atomic E-state index is 11.7. The number of fused-ring (bicyclic) bond motifs is 1. The summed E-state index contributed by atoms with van der Waals surface area (Å²) in [6.07, 6.45) is 1.73. The van der Waals surface area contributed by atoms with Crippen LogP contribution in [-0.4, -0.2) is 27.7 Å². The van der Waals surface area contributed by atoms with E-state index >= 15 is 0 Å². The molecule has 0 radical (unpaired) electrons. The Bertz CT molecular complexity index is 798. The molecule has 2 aromatic heterocycles. The summed E-state index contributed by atoms with van der Waals surface area (Å²) in [6.45, 7) is 0. The van der Waals surface area contributed by atoms with E-state index in [-0.39, 0.29) is 0 Å². The van der Waals surface area contributed by atoms with Crippen molar-refractivity contribution in [2.45, 2.75) is 0 Å². The van der Waals surface area contributed by atoms with Crippen molar-refractivity contribution in [3.8, 4) is 11.4 Å². The summed E-state index contributed by atoms with van der Waals surface area (Å²) in [7, 11) is 1.33. The van der Waals surface area contributed by atoms with Gasteiger partial charge < -0.3 is 4.74 Å². The Morgan fingerprint density at radius 1 is 1.30 bits per heavy atom. The highest BCUT2D eigenvalue weighted by Crippen LogP contribution is 2.21. The van der Waals surface area contributed by atoms with Crippen molar-refractivity contribution in [1.82, 2.24) is 14.6 Å². The third-order valence-electron chi connectivity index (χ3n) is 2.85. The second-order valence-electron chi connectivity index (χ2n) is 4.13. The van der Waals surface area contributed by atoms with E-state index in [2.05, 4.69) is 10.1 Å². The van der Waals surface area contributed by atoms with Gasteiger partial charge in [-0.1, -0.05) is 23.7 Å². The molecule has 0 unspecified atom stereocenters. The molecule has 100 valence electrons. The minimum atomic E-state index is -0.444. The number of ether oxygens (including phenoxy) is 1. The lowest BCUT2D eigenvalue weighted by atomic mass is 10.2. The van der Waals surface area contributed by atoms with Gasteiger partial charge in [-0.15, -0.1) is 5.10 Å². The van der Waals surface area contributed by atoms with Crippen LogP contribution in [0, 0.1) is 0 Å². The zero-order valence-electron chi connectivity index (χ0n) is 10.6. The van der Waals surface area contributed by atoms with Gasteiger partial charge in [-0.2, -0.15) is 0 Å². The molecule has 20 heavy (non-hydrogen) atoms. The van der Waals surface area contributed by atoms with Crippen molar-refractivity contribution in [3.63, 3.8) is 0 Å². The van der Waals surface area contributed by atoms with Crippen molar-refractivity contribution in [2.24, 2.45) is 0 Å². The van der Waals surface area contributed by atoms with Gasteiger partial charge >= 0.3 is 5.97 Å². The van der Waals surface area contributed by atoms with Gasteiger partial charge in [-0.25, -0.2) is 14.3 Å². The van der Waals surface area contributed by atoms with E-state index in [9.17, 15) is 4.79 Å². The molecule has 3 aromatic rings. The number of methoxy groups -OCH3 is 1. The quantitative estimate of drug-likeness (QED) is 0.680. The van der Waals surface area contributed by atoms with Gasteiger partial charge in [-0.05, 0) is 24.3 Å². The lowest BCUT2D eigenvalue weighted by Gasteiger charge is -1.99. The van der Waals surface area contributed by atoms with Crippen LogP contribution in [0.15, 0.2) is 42.6 Å². The third-order valence-corrected chi connectivity index (χ3v) is 3.09. The van der Waals surface area contributed by atoms with E-state index in [1.165, 1.54) is 7.11 Å². The molecule has 0 aliphatic carbocycles. The van der Waals surface area contributed by atoms with E-state index in [1.807, 2.05) is 12.1 Å². The first-order valence-corrected chi connectivity index (χ1v) is 6.26. The topological polar surface area (TPSA) is 56.5 Å². The molecule has 5 nitrogen and oxygen atoms in total. The van der Waals surface area contributed by atoms with Crippen LogP contribution < -0.4 is 0 Å². The third kappa shape index (κ3) is 2.12. The molecule has 1 aromatic carbocycles. The predicted molar refractivity (Wildman–Crippen MR) is 74.8 cm³/mol. The van der Waals surface area contributed by atoms with Crippen molar-refractivity contribution in [1.29, 1.82) is 0 Å². The minimum absolute atomic E-state index is 0.371. The normalized spacial score (nSPS) is 10.7. The molecule has 0 amide bonds. The zero-order chi connectivity index (χ0) is 14.1. The highest BCUT2D eigenvalue weighted by atomic mass is 35.5. The van der Waals surface area contributed by atoms with Gasteiger partial charge in [0.2, 0.25) is 0 Å². The van der Waals surface area contributed by atoms with Crippen molar-refractivity contribution in [2.75, 3.05) is 7.11 Å². The highest BCUT2D eigenvalue weighted by molar-refractivity contribution is 6.30. The predicted octanol–water partition coefficient (Wildman–Crippen LogP) is 2.84.